The first-order valence-corrected chi connectivity index (χ1v) is 12.9. The summed E-state index contributed by atoms with van der Waals surface area (Å²) < 4.78 is 0. The number of nitrogens with zero attached hydrogens (tertiary/aromatic N) is 2. The van der Waals surface area contributed by atoms with Crippen molar-refractivity contribution in [2.24, 2.45) is 56.5 Å². The lowest BCUT2D eigenvalue weighted by molar-refractivity contribution is -0.0425. The van der Waals surface area contributed by atoms with Crippen LogP contribution < -0.4 is 0 Å². The largest absolute Gasteiger partial charge is 0.393 e. The molecule has 0 aromatic rings. The maximum atomic E-state index is 10.3. The average Bonchev–Trinajstić information content (AvgIpc) is 2.97. The van der Waals surface area contributed by atoms with Crippen molar-refractivity contribution >= 4 is 11.4 Å². The fourth-order valence-corrected chi connectivity index (χ4v) is 9.73. The monoisotopic (exact) mass is 408 g/mol. The van der Waals surface area contributed by atoms with Crippen LogP contribution in [-0.2, 0) is 0 Å². The van der Waals surface area contributed by atoms with Gasteiger partial charge in [0.25, 0.3) is 0 Å². The molecule has 9 atom stereocenters. The number of hydrogen-bond acceptors (Lipinski definition) is 3. The minimum atomic E-state index is -0.101. The molecule has 0 radical (unpaired) electrons. The molecule has 5 aliphatic carbocycles. The van der Waals surface area contributed by atoms with Crippen molar-refractivity contribution in [3.05, 3.63) is 11.6 Å². The molecule has 1 unspecified atom stereocenters. The first-order valence-electron chi connectivity index (χ1n) is 12.9. The van der Waals surface area contributed by atoms with Crippen LogP contribution in [0.1, 0.15) is 91.4 Å². The highest BCUT2D eigenvalue weighted by Gasteiger charge is 2.63. The number of aliphatic hydroxyl groups is 1. The fourth-order valence-electron chi connectivity index (χ4n) is 9.73. The quantitative estimate of drug-likeness (QED) is 0.478. The second kappa shape index (κ2) is 6.77. The van der Waals surface area contributed by atoms with Crippen LogP contribution in [0.3, 0.4) is 0 Å². The van der Waals surface area contributed by atoms with E-state index in [-0.39, 0.29) is 6.10 Å². The molecule has 4 fully saturated rings. The molecule has 0 aromatic heterocycles. The van der Waals surface area contributed by atoms with Crippen molar-refractivity contribution in [2.45, 2.75) is 97.5 Å². The standard InChI is InChI=1S/C27H40N2O/c1-16-25-21(19-6-4-5-7-24(19)29-28-16)15-23-20-9-8-17-14-18(30)10-12-26(17,2)22(20)11-13-27(23,25)3/h8,18-23,25,30H,4-7,9-15H2,1-3H3/t18-,19?,20+,21-,22-,23-,25-,26-,27-/m0/s1. The van der Waals surface area contributed by atoms with Crippen molar-refractivity contribution < 1.29 is 5.11 Å². The fraction of sp³-hybridized carbons (Fsp3) is 0.852. The molecule has 0 bridgehead atoms. The van der Waals surface area contributed by atoms with Gasteiger partial charge in [-0.05, 0) is 106 Å². The SMILES string of the molecule is CC1=NN=C2CCCCC2[C@@H]2C[C@H]3[C@@H]4CC=C5C[C@@H](O)CC[C@]5(C)[C@H]4CC[C@]3(C)[C@@H]12. The Bertz CT molecular complexity index is 827. The molecule has 0 spiro atoms. The van der Waals surface area contributed by atoms with Gasteiger partial charge >= 0.3 is 0 Å². The van der Waals surface area contributed by atoms with Gasteiger partial charge in [-0.25, -0.2) is 0 Å². The zero-order chi connectivity index (χ0) is 20.7. The third kappa shape index (κ3) is 2.60. The van der Waals surface area contributed by atoms with Crippen molar-refractivity contribution in [1.82, 2.24) is 0 Å². The van der Waals surface area contributed by atoms with Gasteiger partial charge in [-0.2, -0.15) is 10.2 Å². The van der Waals surface area contributed by atoms with Gasteiger partial charge in [-0.15, -0.1) is 0 Å². The van der Waals surface area contributed by atoms with E-state index in [1.54, 1.807) is 5.57 Å². The number of hydrogen-bond donors (Lipinski definition) is 1. The number of rotatable bonds is 0. The van der Waals surface area contributed by atoms with Gasteiger partial charge in [-0.3, -0.25) is 0 Å². The van der Waals surface area contributed by atoms with E-state index < -0.39 is 0 Å². The Balaban J connectivity index is 1.37. The van der Waals surface area contributed by atoms with Crippen LogP contribution in [0.15, 0.2) is 21.9 Å². The molecule has 1 aliphatic heterocycles. The van der Waals surface area contributed by atoms with Crippen molar-refractivity contribution in [2.75, 3.05) is 0 Å². The number of aliphatic hydroxyl groups excluding tert-OH is 1. The lowest BCUT2D eigenvalue weighted by atomic mass is 9.47. The summed E-state index contributed by atoms with van der Waals surface area (Å²) in [4.78, 5) is 0. The minimum Gasteiger partial charge on any atom is -0.393 e. The molecule has 3 nitrogen and oxygen atoms in total. The number of allylic oxidation sites excluding steroid dienone is 1. The van der Waals surface area contributed by atoms with Crippen molar-refractivity contribution in [3.8, 4) is 0 Å². The Morgan fingerprint density at radius 2 is 1.87 bits per heavy atom. The second-order valence-electron chi connectivity index (χ2n) is 12.3. The van der Waals surface area contributed by atoms with E-state index in [1.807, 2.05) is 0 Å². The zero-order valence-electron chi connectivity index (χ0n) is 19.2. The first-order chi connectivity index (χ1) is 14.4. The van der Waals surface area contributed by atoms with Gasteiger partial charge in [0.15, 0.2) is 0 Å². The number of fused-ring (bicyclic) bond motifs is 9. The van der Waals surface area contributed by atoms with E-state index in [0.29, 0.717) is 22.7 Å². The summed E-state index contributed by atoms with van der Waals surface area (Å²) in [5.74, 6) is 4.59. The molecular weight excluding hydrogens is 368 g/mol. The van der Waals surface area contributed by atoms with E-state index in [9.17, 15) is 5.11 Å². The van der Waals surface area contributed by atoms with Crippen LogP contribution in [-0.4, -0.2) is 22.6 Å². The van der Waals surface area contributed by atoms with Crippen LogP contribution in [0.4, 0.5) is 0 Å². The normalized spacial score (nSPS) is 52.4. The molecule has 164 valence electrons. The van der Waals surface area contributed by atoms with Gasteiger partial charge < -0.3 is 5.11 Å². The van der Waals surface area contributed by atoms with E-state index in [2.05, 4.69) is 26.8 Å². The summed E-state index contributed by atoms with van der Waals surface area (Å²) in [6, 6.07) is 0. The molecule has 4 saturated carbocycles. The van der Waals surface area contributed by atoms with Crippen LogP contribution >= 0.6 is 0 Å². The summed E-state index contributed by atoms with van der Waals surface area (Å²) in [6.07, 6.45) is 16.2. The van der Waals surface area contributed by atoms with Gasteiger partial charge in [-0.1, -0.05) is 31.9 Å². The maximum Gasteiger partial charge on any atom is 0.0577 e. The maximum absolute atomic E-state index is 10.3. The average molecular weight is 409 g/mol. The highest BCUT2D eigenvalue weighted by atomic mass is 16.3. The lowest BCUT2D eigenvalue weighted by Crippen LogP contribution is -2.51. The zero-order valence-corrected chi connectivity index (χ0v) is 19.2. The molecule has 0 amide bonds. The van der Waals surface area contributed by atoms with Gasteiger partial charge in [0, 0.05) is 23.3 Å². The second-order valence-corrected chi connectivity index (χ2v) is 12.3. The Labute approximate surface area is 182 Å². The summed E-state index contributed by atoms with van der Waals surface area (Å²) in [5, 5.41) is 19.9. The lowest BCUT2D eigenvalue weighted by Gasteiger charge is -2.58. The Morgan fingerprint density at radius 1 is 1.00 bits per heavy atom. The van der Waals surface area contributed by atoms with Gasteiger partial charge in [0.1, 0.15) is 0 Å². The minimum absolute atomic E-state index is 0.101. The van der Waals surface area contributed by atoms with E-state index >= 15 is 0 Å². The molecule has 6 aliphatic rings. The van der Waals surface area contributed by atoms with Gasteiger partial charge in [0.05, 0.1) is 6.10 Å². The van der Waals surface area contributed by atoms with Crippen LogP contribution in [0.25, 0.3) is 0 Å². The van der Waals surface area contributed by atoms with Crippen LogP contribution in [0, 0.1) is 46.3 Å². The molecule has 3 heteroatoms. The molecule has 0 aromatic carbocycles. The molecule has 1 heterocycles. The third-order valence-corrected chi connectivity index (χ3v) is 11.1. The summed E-state index contributed by atoms with van der Waals surface area (Å²) in [7, 11) is 0. The summed E-state index contributed by atoms with van der Waals surface area (Å²) in [5.41, 5.74) is 5.11. The smallest absolute Gasteiger partial charge is 0.0577 e. The topological polar surface area (TPSA) is 45.0 Å². The third-order valence-electron chi connectivity index (χ3n) is 11.1. The predicted molar refractivity (Wildman–Crippen MR) is 123 cm³/mol. The summed E-state index contributed by atoms with van der Waals surface area (Å²) >= 11 is 0. The first kappa shape index (κ1) is 19.7. The molecule has 1 N–H and O–H groups in total. The van der Waals surface area contributed by atoms with Crippen LogP contribution in [0.2, 0.25) is 0 Å². The molecule has 0 saturated heterocycles. The van der Waals surface area contributed by atoms with Gasteiger partial charge in [0.2, 0.25) is 0 Å². The van der Waals surface area contributed by atoms with E-state index in [0.717, 1.165) is 36.5 Å². The summed E-state index contributed by atoms with van der Waals surface area (Å²) in [6.45, 7) is 7.48. The Kier molecular flexibility index (Phi) is 4.45. The van der Waals surface area contributed by atoms with Crippen molar-refractivity contribution in [3.63, 3.8) is 0 Å². The molecular formula is C27H40N2O. The van der Waals surface area contributed by atoms with Crippen LogP contribution in [0.5, 0.6) is 0 Å². The predicted octanol–water partition coefficient (Wildman–Crippen LogP) is 6.17. The molecule has 30 heavy (non-hydrogen) atoms. The van der Waals surface area contributed by atoms with E-state index in [1.165, 1.54) is 69.2 Å². The highest BCUT2D eigenvalue weighted by molar-refractivity contribution is 5.93. The van der Waals surface area contributed by atoms with E-state index in [4.69, 9.17) is 10.2 Å². The Morgan fingerprint density at radius 3 is 2.73 bits per heavy atom. The molecule has 6 rings (SSSR count). The van der Waals surface area contributed by atoms with Crippen molar-refractivity contribution in [1.29, 1.82) is 0 Å². The highest BCUT2D eigenvalue weighted by Crippen LogP contribution is 2.68. The Hall–Kier alpha value is -0.960.